The van der Waals surface area contributed by atoms with Crippen LogP contribution in [0.2, 0.25) is 0 Å². The number of hydrogen-bond acceptors (Lipinski definition) is 7. The molecular formula is C9H11N3O7S. The average Bonchev–Trinajstić information content (AvgIpc) is 2.34. The lowest BCUT2D eigenvalue weighted by molar-refractivity contribution is -0.386. The second-order valence-electron chi connectivity index (χ2n) is 3.47. The highest BCUT2D eigenvalue weighted by Gasteiger charge is 2.20. The predicted octanol–water partition coefficient (Wildman–Crippen LogP) is -0.326. The zero-order valence-corrected chi connectivity index (χ0v) is 10.8. The third-order valence-corrected chi connectivity index (χ3v) is 3.55. The van der Waals surface area contributed by atoms with Crippen LogP contribution in [0.25, 0.3) is 0 Å². The van der Waals surface area contributed by atoms with E-state index in [0.29, 0.717) is 6.07 Å². The smallest absolute Gasteiger partial charge is 0.404 e. The fourth-order valence-corrected chi connectivity index (χ4v) is 2.26. The molecule has 0 aromatic heterocycles. The summed E-state index contributed by atoms with van der Waals surface area (Å²) in [6.45, 7) is -0.533. The molecule has 11 heteroatoms. The van der Waals surface area contributed by atoms with Crippen molar-refractivity contribution < 1.29 is 28.0 Å². The minimum Gasteiger partial charge on any atom is -0.502 e. The van der Waals surface area contributed by atoms with E-state index in [1.165, 1.54) is 0 Å². The maximum Gasteiger partial charge on any atom is 0.404 e. The first-order valence-electron chi connectivity index (χ1n) is 5.13. The van der Waals surface area contributed by atoms with E-state index in [4.69, 9.17) is 0 Å². The van der Waals surface area contributed by atoms with Gasteiger partial charge < -0.3 is 15.6 Å². The van der Waals surface area contributed by atoms with Gasteiger partial charge in [-0.1, -0.05) is 0 Å². The monoisotopic (exact) mass is 305 g/mol. The van der Waals surface area contributed by atoms with Gasteiger partial charge in [0.25, 0.3) is 0 Å². The molecule has 0 fully saturated rings. The van der Waals surface area contributed by atoms with Gasteiger partial charge in [-0.2, -0.15) is 0 Å². The fourth-order valence-electron chi connectivity index (χ4n) is 1.23. The summed E-state index contributed by atoms with van der Waals surface area (Å²) in [5, 5.41) is 19.8. The maximum atomic E-state index is 11.8. The summed E-state index contributed by atoms with van der Waals surface area (Å²) >= 11 is 0. The highest BCUT2D eigenvalue weighted by atomic mass is 32.2. The lowest BCUT2D eigenvalue weighted by atomic mass is 10.3. The number of primary amides is 1. The molecule has 110 valence electrons. The largest absolute Gasteiger partial charge is 0.502 e. The lowest BCUT2D eigenvalue weighted by Gasteiger charge is -2.07. The molecule has 10 nitrogen and oxygen atoms in total. The number of hydrogen-bond donors (Lipinski definition) is 3. The summed E-state index contributed by atoms with van der Waals surface area (Å²) in [6, 6.07) is 2.61. The van der Waals surface area contributed by atoms with Gasteiger partial charge in [0.05, 0.1) is 9.82 Å². The van der Waals surface area contributed by atoms with Crippen LogP contribution >= 0.6 is 0 Å². The van der Waals surface area contributed by atoms with E-state index in [0.717, 1.165) is 12.1 Å². The Morgan fingerprint density at radius 1 is 1.50 bits per heavy atom. The summed E-state index contributed by atoms with van der Waals surface area (Å²) in [5.41, 5.74) is 3.95. The van der Waals surface area contributed by atoms with E-state index in [1.54, 1.807) is 0 Å². The summed E-state index contributed by atoms with van der Waals surface area (Å²) in [5.74, 6) is -0.647. The van der Waals surface area contributed by atoms with E-state index in [1.807, 2.05) is 0 Å². The number of phenolic OH excluding ortho intramolecular Hbond substituents is 1. The molecule has 0 radical (unpaired) electrons. The number of sulfonamides is 1. The molecule has 0 unspecified atom stereocenters. The van der Waals surface area contributed by atoms with Crippen molar-refractivity contribution in [3.05, 3.63) is 28.3 Å². The molecule has 20 heavy (non-hydrogen) atoms. The molecule has 1 aromatic carbocycles. The van der Waals surface area contributed by atoms with Crippen molar-refractivity contribution >= 4 is 21.8 Å². The van der Waals surface area contributed by atoms with Gasteiger partial charge in [-0.05, 0) is 12.1 Å². The Hall–Kier alpha value is -2.40. The van der Waals surface area contributed by atoms with E-state index in [9.17, 15) is 28.4 Å². The van der Waals surface area contributed by atoms with Crippen molar-refractivity contribution in [1.29, 1.82) is 0 Å². The second kappa shape index (κ2) is 6.16. The zero-order chi connectivity index (χ0) is 15.3. The first-order chi connectivity index (χ1) is 9.24. The Morgan fingerprint density at radius 3 is 2.70 bits per heavy atom. The average molecular weight is 305 g/mol. The van der Waals surface area contributed by atoms with Crippen LogP contribution in [0.5, 0.6) is 5.75 Å². The number of amides is 1. The lowest BCUT2D eigenvalue weighted by Crippen LogP contribution is -2.29. The minimum atomic E-state index is -4.03. The number of carbonyl (C=O) groups is 1. The normalized spacial score (nSPS) is 11.0. The van der Waals surface area contributed by atoms with Crippen molar-refractivity contribution in [2.75, 3.05) is 13.2 Å². The molecule has 4 N–H and O–H groups in total. The number of nitrogens with two attached hydrogens (primary N) is 1. The van der Waals surface area contributed by atoms with Crippen molar-refractivity contribution in [1.82, 2.24) is 4.72 Å². The molecule has 0 aliphatic carbocycles. The van der Waals surface area contributed by atoms with Gasteiger partial charge in [0.1, 0.15) is 6.61 Å². The van der Waals surface area contributed by atoms with Gasteiger partial charge in [0.2, 0.25) is 10.0 Å². The Kier molecular flexibility index (Phi) is 4.83. The molecule has 1 rings (SSSR count). The molecule has 0 aliphatic rings. The first-order valence-corrected chi connectivity index (χ1v) is 6.61. The SMILES string of the molecule is NC(=O)OCCNS(=O)(=O)c1ccc(O)c([N+](=O)[O-])c1. The molecule has 0 saturated carbocycles. The van der Waals surface area contributed by atoms with Crippen molar-refractivity contribution in [3.8, 4) is 5.75 Å². The van der Waals surface area contributed by atoms with Crippen LogP contribution in [0.3, 0.4) is 0 Å². The van der Waals surface area contributed by atoms with Gasteiger partial charge in [0.15, 0.2) is 5.75 Å². The number of nitrogens with one attached hydrogen (secondary N) is 1. The van der Waals surface area contributed by atoms with Crippen LogP contribution in [-0.4, -0.2) is 37.7 Å². The molecule has 0 atom stereocenters. The second-order valence-corrected chi connectivity index (χ2v) is 5.24. The van der Waals surface area contributed by atoms with Crippen molar-refractivity contribution in [2.24, 2.45) is 5.73 Å². The fraction of sp³-hybridized carbons (Fsp3) is 0.222. The molecular weight excluding hydrogens is 294 g/mol. The molecule has 0 aliphatic heterocycles. The van der Waals surface area contributed by atoms with E-state index < -0.39 is 37.4 Å². The Balaban J connectivity index is 2.85. The topological polar surface area (TPSA) is 162 Å². The van der Waals surface area contributed by atoms with Crippen LogP contribution < -0.4 is 10.5 Å². The van der Waals surface area contributed by atoms with E-state index >= 15 is 0 Å². The zero-order valence-electron chi connectivity index (χ0n) is 9.98. The van der Waals surface area contributed by atoms with Crippen molar-refractivity contribution in [2.45, 2.75) is 4.90 Å². The summed E-state index contributed by atoms with van der Waals surface area (Å²) < 4.78 is 29.9. The molecule has 0 bridgehead atoms. The number of benzene rings is 1. The van der Waals surface area contributed by atoms with E-state index in [-0.39, 0.29) is 13.2 Å². The van der Waals surface area contributed by atoms with Crippen LogP contribution in [-0.2, 0) is 14.8 Å². The number of nitro benzene ring substituents is 1. The highest BCUT2D eigenvalue weighted by Crippen LogP contribution is 2.27. The molecule has 0 saturated heterocycles. The van der Waals surface area contributed by atoms with Gasteiger partial charge in [-0.25, -0.2) is 17.9 Å². The minimum absolute atomic E-state index is 0.250. The van der Waals surface area contributed by atoms with Crippen molar-refractivity contribution in [3.63, 3.8) is 0 Å². The first kappa shape index (κ1) is 15.7. The predicted molar refractivity (Wildman–Crippen MR) is 65.5 cm³/mol. The number of phenols is 1. The Labute approximate surface area is 113 Å². The molecule has 1 aromatic rings. The highest BCUT2D eigenvalue weighted by molar-refractivity contribution is 7.89. The number of ether oxygens (including phenoxy) is 1. The number of aromatic hydroxyl groups is 1. The Bertz CT molecular complexity index is 628. The van der Waals surface area contributed by atoms with Gasteiger partial charge >= 0.3 is 11.8 Å². The maximum absolute atomic E-state index is 11.8. The van der Waals surface area contributed by atoms with Gasteiger partial charge in [-0.15, -0.1) is 0 Å². The molecule has 0 heterocycles. The van der Waals surface area contributed by atoms with Crippen LogP contribution in [0.15, 0.2) is 23.1 Å². The number of rotatable bonds is 6. The van der Waals surface area contributed by atoms with Gasteiger partial charge in [0, 0.05) is 12.6 Å². The summed E-state index contributed by atoms with van der Waals surface area (Å²) in [6.07, 6.45) is -1.05. The quantitative estimate of drug-likeness (QED) is 0.368. The van der Waals surface area contributed by atoms with Crippen LogP contribution in [0.4, 0.5) is 10.5 Å². The summed E-state index contributed by atoms with van der Waals surface area (Å²) in [7, 11) is -4.03. The van der Waals surface area contributed by atoms with Crippen LogP contribution in [0, 0.1) is 10.1 Å². The molecule has 0 spiro atoms. The number of carbonyl (C=O) groups excluding carboxylic acids is 1. The summed E-state index contributed by atoms with van der Waals surface area (Å²) in [4.78, 5) is 19.6. The molecule has 1 amide bonds. The number of nitro groups is 1. The number of nitrogens with zero attached hydrogens (tertiary/aromatic N) is 1. The third kappa shape index (κ3) is 4.07. The van der Waals surface area contributed by atoms with Crippen LogP contribution in [0.1, 0.15) is 0 Å². The standard InChI is InChI=1S/C9H11N3O7S/c10-9(14)19-4-3-11-20(17,18)6-1-2-8(13)7(5-6)12(15)16/h1-2,5,11,13H,3-4H2,(H2,10,14). The third-order valence-electron chi connectivity index (χ3n) is 2.09. The van der Waals surface area contributed by atoms with Gasteiger partial charge in [-0.3, -0.25) is 10.1 Å². The van der Waals surface area contributed by atoms with E-state index in [2.05, 4.69) is 15.2 Å². The Morgan fingerprint density at radius 2 is 2.15 bits per heavy atom.